The molecule has 1 aliphatic heterocycles. The molecule has 1 unspecified atom stereocenters. The molecular weight excluding hydrogens is 180 g/mol. The number of fused-ring (bicyclic) bond motifs is 1. The van der Waals surface area contributed by atoms with E-state index in [0.717, 1.165) is 6.54 Å². The van der Waals surface area contributed by atoms with Gasteiger partial charge in [-0.2, -0.15) is 0 Å². The lowest BCUT2D eigenvalue weighted by atomic mass is 10.2. The summed E-state index contributed by atoms with van der Waals surface area (Å²) in [6.07, 6.45) is 0. The number of benzene rings is 1. The van der Waals surface area contributed by atoms with Crippen molar-refractivity contribution in [1.82, 2.24) is 0 Å². The van der Waals surface area contributed by atoms with Crippen LogP contribution < -0.4 is 11.1 Å². The van der Waals surface area contributed by atoms with Crippen LogP contribution in [-0.4, -0.2) is 11.8 Å². The number of anilines is 1. The largest absolute Gasteiger partial charge is 0.383 e. The van der Waals surface area contributed by atoms with Crippen LogP contribution in [0.15, 0.2) is 23.1 Å². The summed E-state index contributed by atoms with van der Waals surface area (Å²) < 4.78 is 0. The van der Waals surface area contributed by atoms with E-state index in [1.165, 1.54) is 16.1 Å². The highest BCUT2D eigenvalue weighted by atomic mass is 32.2. The molecule has 0 spiro atoms. The van der Waals surface area contributed by atoms with Gasteiger partial charge in [-0.05, 0) is 17.7 Å². The molecule has 0 aromatic heterocycles. The summed E-state index contributed by atoms with van der Waals surface area (Å²) in [5, 5.41) is 4.07. The first kappa shape index (κ1) is 8.91. The van der Waals surface area contributed by atoms with Crippen molar-refractivity contribution in [2.24, 2.45) is 5.73 Å². The Kier molecular flexibility index (Phi) is 2.47. The maximum atomic E-state index is 5.58. The number of thioether (sulfide) groups is 1. The van der Waals surface area contributed by atoms with Crippen LogP contribution in [-0.2, 0) is 6.54 Å². The third-order valence-electron chi connectivity index (χ3n) is 2.19. The van der Waals surface area contributed by atoms with E-state index in [1.54, 1.807) is 0 Å². The van der Waals surface area contributed by atoms with Gasteiger partial charge in [-0.3, -0.25) is 0 Å². The van der Waals surface area contributed by atoms with E-state index >= 15 is 0 Å². The number of nitrogens with one attached hydrogen (secondary N) is 1. The van der Waals surface area contributed by atoms with Crippen molar-refractivity contribution in [3.8, 4) is 0 Å². The Labute approximate surface area is 82.9 Å². The topological polar surface area (TPSA) is 38.0 Å². The molecule has 0 radical (unpaired) electrons. The zero-order valence-electron chi connectivity index (χ0n) is 7.71. The second-order valence-corrected chi connectivity index (χ2v) is 4.82. The maximum Gasteiger partial charge on any atom is 0.0482 e. The van der Waals surface area contributed by atoms with Crippen LogP contribution in [0.1, 0.15) is 12.5 Å². The van der Waals surface area contributed by atoms with E-state index in [9.17, 15) is 0 Å². The van der Waals surface area contributed by atoms with Gasteiger partial charge in [-0.1, -0.05) is 13.0 Å². The monoisotopic (exact) mass is 194 g/mol. The normalized spacial score (nSPS) is 20.6. The van der Waals surface area contributed by atoms with E-state index < -0.39 is 0 Å². The molecular formula is C10H14N2S. The molecule has 1 aliphatic rings. The van der Waals surface area contributed by atoms with Crippen molar-refractivity contribution in [2.45, 2.75) is 23.6 Å². The van der Waals surface area contributed by atoms with Crippen LogP contribution in [0.4, 0.5) is 5.69 Å². The molecule has 0 saturated heterocycles. The Morgan fingerprint density at radius 1 is 1.62 bits per heavy atom. The highest BCUT2D eigenvalue weighted by molar-refractivity contribution is 8.00. The third-order valence-corrected chi connectivity index (χ3v) is 3.37. The van der Waals surface area contributed by atoms with E-state index in [0.29, 0.717) is 11.8 Å². The predicted octanol–water partition coefficient (Wildman–Crippen LogP) is 2.05. The van der Waals surface area contributed by atoms with Crippen molar-refractivity contribution >= 4 is 17.4 Å². The van der Waals surface area contributed by atoms with Crippen LogP contribution in [0, 0.1) is 0 Å². The summed E-state index contributed by atoms with van der Waals surface area (Å²) >= 11 is 1.93. The molecule has 0 saturated carbocycles. The first-order valence-corrected chi connectivity index (χ1v) is 5.41. The standard InChI is InChI=1S/C10H14N2S/c1-7-6-12-9-4-8(5-11)2-3-10(9)13-7/h2-4,7,12H,5-6,11H2,1H3. The number of hydrogen-bond donors (Lipinski definition) is 2. The Morgan fingerprint density at radius 2 is 2.46 bits per heavy atom. The van der Waals surface area contributed by atoms with Gasteiger partial charge in [0.25, 0.3) is 0 Å². The van der Waals surface area contributed by atoms with E-state index in [4.69, 9.17) is 5.73 Å². The first-order valence-electron chi connectivity index (χ1n) is 4.53. The van der Waals surface area contributed by atoms with Crippen molar-refractivity contribution in [3.63, 3.8) is 0 Å². The van der Waals surface area contributed by atoms with Gasteiger partial charge in [-0.15, -0.1) is 11.8 Å². The summed E-state index contributed by atoms with van der Waals surface area (Å²) in [4.78, 5) is 1.34. The molecule has 70 valence electrons. The van der Waals surface area contributed by atoms with Gasteiger partial charge in [0.05, 0.1) is 0 Å². The number of rotatable bonds is 1. The molecule has 1 aromatic rings. The Hall–Kier alpha value is -0.670. The van der Waals surface area contributed by atoms with Crippen LogP contribution in [0.2, 0.25) is 0 Å². The van der Waals surface area contributed by atoms with Gasteiger partial charge in [0, 0.05) is 28.9 Å². The average molecular weight is 194 g/mol. The SMILES string of the molecule is CC1CNc2cc(CN)ccc2S1. The molecule has 2 nitrogen and oxygen atoms in total. The van der Waals surface area contributed by atoms with Gasteiger partial charge >= 0.3 is 0 Å². The van der Waals surface area contributed by atoms with Crippen LogP contribution in [0.5, 0.6) is 0 Å². The fourth-order valence-electron chi connectivity index (χ4n) is 1.46. The Balaban J connectivity index is 2.31. The Morgan fingerprint density at radius 3 is 3.23 bits per heavy atom. The molecule has 0 amide bonds. The van der Waals surface area contributed by atoms with Crippen molar-refractivity contribution in [1.29, 1.82) is 0 Å². The van der Waals surface area contributed by atoms with Gasteiger partial charge < -0.3 is 11.1 Å². The molecule has 0 bridgehead atoms. The van der Waals surface area contributed by atoms with E-state index in [1.807, 2.05) is 11.8 Å². The molecule has 1 aromatic carbocycles. The zero-order chi connectivity index (χ0) is 9.26. The highest BCUT2D eigenvalue weighted by Gasteiger charge is 2.14. The molecule has 13 heavy (non-hydrogen) atoms. The average Bonchev–Trinajstić information content (AvgIpc) is 2.17. The fourth-order valence-corrected chi connectivity index (χ4v) is 2.46. The lowest BCUT2D eigenvalue weighted by Crippen LogP contribution is -2.18. The van der Waals surface area contributed by atoms with Gasteiger partial charge in [0.15, 0.2) is 0 Å². The smallest absolute Gasteiger partial charge is 0.0482 e. The predicted molar refractivity (Wildman–Crippen MR) is 58.1 cm³/mol. The Bertz CT molecular complexity index is 312. The molecule has 2 rings (SSSR count). The summed E-state index contributed by atoms with van der Waals surface area (Å²) in [5.41, 5.74) is 8.01. The molecule has 3 heteroatoms. The van der Waals surface area contributed by atoms with Gasteiger partial charge in [0.1, 0.15) is 0 Å². The number of hydrogen-bond acceptors (Lipinski definition) is 3. The first-order chi connectivity index (χ1) is 6.29. The molecule has 0 aliphatic carbocycles. The van der Waals surface area contributed by atoms with Crippen LogP contribution in [0.3, 0.4) is 0 Å². The minimum absolute atomic E-state index is 0.620. The molecule has 3 N–H and O–H groups in total. The van der Waals surface area contributed by atoms with E-state index in [2.05, 4.69) is 30.4 Å². The molecule has 1 heterocycles. The zero-order valence-corrected chi connectivity index (χ0v) is 8.53. The summed E-state index contributed by atoms with van der Waals surface area (Å²) in [6.45, 7) is 3.90. The molecule has 1 atom stereocenters. The van der Waals surface area contributed by atoms with E-state index in [-0.39, 0.29) is 0 Å². The van der Waals surface area contributed by atoms with Crippen LogP contribution >= 0.6 is 11.8 Å². The summed E-state index contributed by atoms with van der Waals surface area (Å²) in [7, 11) is 0. The summed E-state index contributed by atoms with van der Waals surface area (Å²) in [5.74, 6) is 0. The third kappa shape index (κ3) is 1.81. The minimum Gasteiger partial charge on any atom is -0.383 e. The highest BCUT2D eigenvalue weighted by Crippen LogP contribution is 2.35. The van der Waals surface area contributed by atoms with Crippen molar-refractivity contribution in [2.75, 3.05) is 11.9 Å². The van der Waals surface area contributed by atoms with Crippen LogP contribution in [0.25, 0.3) is 0 Å². The van der Waals surface area contributed by atoms with Crippen molar-refractivity contribution in [3.05, 3.63) is 23.8 Å². The number of nitrogens with two attached hydrogens (primary N) is 1. The quantitative estimate of drug-likeness (QED) is 0.718. The van der Waals surface area contributed by atoms with Gasteiger partial charge in [-0.25, -0.2) is 0 Å². The fraction of sp³-hybridized carbons (Fsp3) is 0.400. The van der Waals surface area contributed by atoms with Gasteiger partial charge in [0.2, 0.25) is 0 Å². The summed E-state index contributed by atoms with van der Waals surface area (Å²) in [6, 6.07) is 6.41. The lowest BCUT2D eigenvalue weighted by molar-refractivity contribution is 0.968. The lowest BCUT2D eigenvalue weighted by Gasteiger charge is -2.23. The maximum absolute atomic E-state index is 5.58. The van der Waals surface area contributed by atoms with Crippen molar-refractivity contribution < 1.29 is 0 Å². The minimum atomic E-state index is 0.620. The molecule has 0 fully saturated rings. The second-order valence-electron chi connectivity index (χ2n) is 3.34. The second kappa shape index (κ2) is 3.60.